The molecular formula is C27H22N2O4. The Bertz CT molecular complexity index is 1370. The highest BCUT2D eigenvalue weighted by Gasteiger charge is 2.18. The highest BCUT2D eigenvalue weighted by atomic mass is 16.5. The molecule has 1 fully saturated rings. The van der Waals surface area contributed by atoms with Crippen LogP contribution in [-0.4, -0.2) is 40.4 Å². The number of nitrogens with zero attached hydrogens (tertiary/aromatic N) is 1. The molecule has 6 nitrogen and oxygen atoms in total. The van der Waals surface area contributed by atoms with Gasteiger partial charge in [0.05, 0.1) is 24.3 Å². The fourth-order valence-electron chi connectivity index (χ4n) is 4.02. The Morgan fingerprint density at radius 2 is 1.88 bits per heavy atom. The first-order chi connectivity index (χ1) is 16.2. The number of carbonyl (C=O) groups is 1. The number of hydrogen-bond donors (Lipinski definition) is 2. The predicted octanol–water partition coefficient (Wildman–Crippen LogP) is 4.89. The molecule has 0 bridgehead atoms. The zero-order valence-corrected chi connectivity index (χ0v) is 17.9. The van der Waals surface area contributed by atoms with Crippen LogP contribution in [0.1, 0.15) is 34.3 Å². The summed E-state index contributed by atoms with van der Waals surface area (Å²) in [5.74, 6) is 5.82. The second-order valence-electron chi connectivity index (χ2n) is 7.85. The molecule has 6 heteroatoms. The van der Waals surface area contributed by atoms with Gasteiger partial charge in [-0.15, -0.1) is 0 Å². The molecule has 0 unspecified atom stereocenters. The van der Waals surface area contributed by atoms with Crippen LogP contribution < -0.4 is 4.74 Å². The fourth-order valence-corrected chi connectivity index (χ4v) is 4.02. The third-order valence-corrected chi connectivity index (χ3v) is 5.69. The van der Waals surface area contributed by atoms with E-state index in [0.29, 0.717) is 35.8 Å². The Morgan fingerprint density at radius 3 is 2.73 bits per heavy atom. The number of rotatable bonds is 4. The van der Waals surface area contributed by atoms with E-state index in [1.807, 2.05) is 48.7 Å². The molecule has 5 rings (SSSR count). The van der Waals surface area contributed by atoms with Crippen molar-refractivity contribution >= 4 is 16.9 Å². The lowest BCUT2D eigenvalue weighted by Crippen LogP contribution is -2.26. The lowest BCUT2D eigenvalue weighted by molar-refractivity contribution is 0.0236. The van der Waals surface area contributed by atoms with E-state index in [4.69, 9.17) is 9.47 Å². The van der Waals surface area contributed by atoms with Crippen molar-refractivity contribution in [3.8, 4) is 28.8 Å². The van der Waals surface area contributed by atoms with Gasteiger partial charge < -0.3 is 19.6 Å². The Balaban J connectivity index is 1.56. The average Bonchev–Trinajstić information content (AvgIpc) is 3.32. The van der Waals surface area contributed by atoms with Gasteiger partial charge in [-0.3, -0.25) is 0 Å². The summed E-state index contributed by atoms with van der Waals surface area (Å²) in [5.41, 5.74) is 3.81. The first-order valence-electron chi connectivity index (χ1n) is 10.8. The molecule has 2 N–H and O–H groups in total. The second kappa shape index (κ2) is 9.19. The van der Waals surface area contributed by atoms with Crippen molar-refractivity contribution in [1.82, 2.24) is 9.97 Å². The standard InChI is InChI=1S/C27H22N2O4/c30-27(31)23-5-1-3-19(25(23)21-9-6-18-10-14-28-24(18)17-21)7-8-20-4-2-13-29-26(20)33-22-11-15-32-16-12-22/h1-6,9-10,13-14,17,22,28H,11-12,15-16H2,(H,30,31). The van der Waals surface area contributed by atoms with Crippen LogP contribution in [0.3, 0.4) is 0 Å². The van der Waals surface area contributed by atoms with Crippen LogP contribution in [0.2, 0.25) is 0 Å². The molecule has 4 aromatic rings. The number of hydrogen-bond acceptors (Lipinski definition) is 4. The van der Waals surface area contributed by atoms with E-state index in [-0.39, 0.29) is 11.7 Å². The average molecular weight is 438 g/mol. The van der Waals surface area contributed by atoms with Crippen molar-refractivity contribution in [1.29, 1.82) is 0 Å². The van der Waals surface area contributed by atoms with Crippen molar-refractivity contribution in [3.63, 3.8) is 0 Å². The van der Waals surface area contributed by atoms with E-state index in [2.05, 4.69) is 21.8 Å². The van der Waals surface area contributed by atoms with Crippen molar-refractivity contribution in [2.45, 2.75) is 18.9 Å². The number of aromatic amines is 1. The minimum Gasteiger partial charge on any atom is -0.478 e. The highest BCUT2D eigenvalue weighted by molar-refractivity contribution is 5.99. The molecule has 1 aliphatic heterocycles. The fraction of sp³-hybridized carbons (Fsp3) is 0.185. The predicted molar refractivity (Wildman–Crippen MR) is 125 cm³/mol. The molecule has 0 radical (unpaired) electrons. The maximum absolute atomic E-state index is 12.0. The van der Waals surface area contributed by atoms with Crippen LogP contribution in [0, 0.1) is 11.8 Å². The minimum atomic E-state index is -0.995. The van der Waals surface area contributed by atoms with Gasteiger partial charge >= 0.3 is 5.97 Å². The highest BCUT2D eigenvalue weighted by Crippen LogP contribution is 2.30. The van der Waals surface area contributed by atoms with Gasteiger partial charge in [0.25, 0.3) is 0 Å². The molecule has 2 aromatic carbocycles. The number of fused-ring (bicyclic) bond motifs is 1. The largest absolute Gasteiger partial charge is 0.478 e. The first kappa shape index (κ1) is 20.8. The molecule has 3 heterocycles. The molecule has 33 heavy (non-hydrogen) atoms. The van der Waals surface area contributed by atoms with E-state index < -0.39 is 5.97 Å². The van der Waals surface area contributed by atoms with Gasteiger partial charge in [-0.05, 0) is 47.3 Å². The van der Waals surface area contributed by atoms with Gasteiger partial charge in [0.1, 0.15) is 6.10 Å². The zero-order chi connectivity index (χ0) is 22.6. The molecule has 2 aromatic heterocycles. The van der Waals surface area contributed by atoms with Gasteiger partial charge in [0.15, 0.2) is 0 Å². The zero-order valence-electron chi connectivity index (χ0n) is 17.9. The first-order valence-corrected chi connectivity index (χ1v) is 10.8. The Morgan fingerprint density at radius 1 is 1.06 bits per heavy atom. The molecule has 1 aliphatic rings. The van der Waals surface area contributed by atoms with Gasteiger partial charge in [0.2, 0.25) is 5.88 Å². The Labute approximate surface area is 191 Å². The molecule has 0 spiro atoms. The maximum atomic E-state index is 12.0. The van der Waals surface area contributed by atoms with Gasteiger partial charge in [-0.1, -0.05) is 30.0 Å². The van der Waals surface area contributed by atoms with E-state index in [9.17, 15) is 9.90 Å². The van der Waals surface area contributed by atoms with Crippen LogP contribution in [0.4, 0.5) is 0 Å². The number of aromatic nitrogens is 2. The van der Waals surface area contributed by atoms with Crippen molar-refractivity contribution in [2.24, 2.45) is 0 Å². The van der Waals surface area contributed by atoms with Crippen LogP contribution in [-0.2, 0) is 4.74 Å². The van der Waals surface area contributed by atoms with Gasteiger partial charge in [0, 0.05) is 41.9 Å². The monoisotopic (exact) mass is 438 g/mol. The summed E-state index contributed by atoms with van der Waals surface area (Å²) in [6.07, 6.45) is 5.22. The molecule has 0 amide bonds. The molecule has 0 saturated carbocycles. The van der Waals surface area contributed by atoms with Crippen LogP contribution in [0.5, 0.6) is 5.88 Å². The molecular weight excluding hydrogens is 416 g/mol. The lowest BCUT2D eigenvalue weighted by atomic mass is 9.93. The summed E-state index contributed by atoms with van der Waals surface area (Å²) in [5, 5.41) is 10.9. The van der Waals surface area contributed by atoms with Crippen molar-refractivity contribution in [3.05, 3.63) is 83.7 Å². The minimum absolute atomic E-state index is 0.0487. The summed E-state index contributed by atoms with van der Waals surface area (Å²) >= 11 is 0. The molecule has 0 aliphatic carbocycles. The summed E-state index contributed by atoms with van der Waals surface area (Å²) in [6, 6.07) is 16.7. The smallest absolute Gasteiger partial charge is 0.336 e. The quantitative estimate of drug-likeness (QED) is 0.444. The normalized spacial score (nSPS) is 13.9. The number of carboxylic acids is 1. The van der Waals surface area contributed by atoms with Crippen LogP contribution >= 0.6 is 0 Å². The number of pyridine rings is 1. The van der Waals surface area contributed by atoms with E-state index in [1.54, 1.807) is 18.3 Å². The number of aromatic carboxylic acids is 1. The van der Waals surface area contributed by atoms with Crippen LogP contribution in [0.25, 0.3) is 22.0 Å². The number of benzene rings is 2. The molecule has 164 valence electrons. The van der Waals surface area contributed by atoms with Crippen molar-refractivity contribution in [2.75, 3.05) is 13.2 Å². The maximum Gasteiger partial charge on any atom is 0.336 e. The van der Waals surface area contributed by atoms with Crippen LogP contribution in [0.15, 0.2) is 67.0 Å². The molecule has 0 atom stereocenters. The third-order valence-electron chi connectivity index (χ3n) is 5.69. The third kappa shape index (κ3) is 4.45. The van der Waals surface area contributed by atoms with Gasteiger partial charge in [-0.2, -0.15) is 0 Å². The summed E-state index contributed by atoms with van der Waals surface area (Å²) < 4.78 is 11.5. The van der Waals surface area contributed by atoms with Crippen molar-refractivity contribution < 1.29 is 19.4 Å². The summed E-state index contributed by atoms with van der Waals surface area (Å²) in [6.45, 7) is 1.35. The Kier molecular flexibility index (Phi) is 5.79. The Hall–Kier alpha value is -4.08. The number of nitrogens with one attached hydrogen (secondary N) is 1. The lowest BCUT2D eigenvalue weighted by Gasteiger charge is -2.23. The number of H-pyrrole nitrogens is 1. The topological polar surface area (TPSA) is 84.4 Å². The SMILES string of the molecule is O=C(O)c1cccc(C#Cc2cccnc2OC2CCOCC2)c1-c1ccc2cc[nH]c2c1. The van der Waals surface area contributed by atoms with E-state index in [1.165, 1.54) is 0 Å². The molecule has 1 saturated heterocycles. The summed E-state index contributed by atoms with van der Waals surface area (Å²) in [4.78, 5) is 19.6. The van der Waals surface area contributed by atoms with Gasteiger partial charge in [-0.25, -0.2) is 9.78 Å². The van der Waals surface area contributed by atoms with E-state index in [0.717, 1.165) is 29.3 Å². The summed E-state index contributed by atoms with van der Waals surface area (Å²) in [7, 11) is 0. The number of ether oxygens (including phenoxy) is 2. The number of carboxylic acid groups (broad SMARTS) is 1. The second-order valence-corrected chi connectivity index (χ2v) is 7.85. The van der Waals surface area contributed by atoms with E-state index >= 15 is 0 Å².